The molecule has 0 aromatic heterocycles. The number of hydrogen-bond donors (Lipinski definition) is 2. The van der Waals surface area contributed by atoms with Gasteiger partial charge in [0.1, 0.15) is 5.60 Å². The Morgan fingerprint density at radius 1 is 1.13 bits per heavy atom. The Hall–Kier alpha value is -1.07. The first-order valence-corrected chi connectivity index (χ1v) is 4.29. The van der Waals surface area contributed by atoms with Crippen LogP contribution in [0.5, 0.6) is 0 Å². The number of aliphatic hydroxyl groups is 2. The van der Waals surface area contributed by atoms with Gasteiger partial charge in [-0.3, -0.25) is 0 Å². The van der Waals surface area contributed by atoms with E-state index in [-0.39, 0.29) is 5.56 Å². The van der Waals surface area contributed by atoms with Crippen LogP contribution in [0.3, 0.4) is 0 Å². The van der Waals surface area contributed by atoms with Crippen molar-refractivity contribution in [2.24, 2.45) is 0 Å². The number of aliphatic hydroxyl groups excluding tert-OH is 1. The van der Waals surface area contributed by atoms with Crippen LogP contribution in [0.25, 0.3) is 0 Å². The molecule has 0 radical (unpaired) electrons. The molecular weight excluding hydrogens is 209 g/mol. The van der Waals surface area contributed by atoms with Gasteiger partial charge >= 0.3 is 6.18 Å². The first kappa shape index (κ1) is 12.0. The second kappa shape index (κ2) is 3.83. The molecule has 1 aromatic rings. The number of rotatable bonds is 2. The van der Waals surface area contributed by atoms with Gasteiger partial charge in [-0.1, -0.05) is 18.2 Å². The maximum atomic E-state index is 12.5. The first-order valence-electron chi connectivity index (χ1n) is 4.29. The van der Waals surface area contributed by atoms with Gasteiger partial charge in [0.05, 0.1) is 12.2 Å². The summed E-state index contributed by atoms with van der Waals surface area (Å²) < 4.78 is 37.6. The molecule has 0 saturated heterocycles. The van der Waals surface area contributed by atoms with Gasteiger partial charge in [0.25, 0.3) is 0 Å². The largest absolute Gasteiger partial charge is 0.416 e. The van der Waals surface area contributed by atoms with Gasteiger partial charge in [0, 0.05) is 0 Å². The van der Waals surface area contributed by atoms with Crippen molar-refractivity contribution < 1.29 is 23.4 Å². The van der Waals surface area contributed by atoms with E-state index in [1.165, 1.54) is 12.1 Å². The lowest BCUT2D eigenvalue weighted by atomic mass is 9.92. The Labute approximate surface area is 85.0 Å². The molecule has 0 aliphatic rings. The Morgan fingerprint density at radius 3 is 2.00 bits per heavy atom. The number of benzene rings is 1. The van der Waals surface area contributed by atoms with Crippen LogP contribution in [0, 0.1) is 0 Å². The first-order chi connectivity index (χ1) is 6.79. The number of hydrogen-bond acceptors (Lipinski definition) is 2. The molecule has 0 aliphatic heterocycles. The molecule has 1 atom stereocenters. The summed E-state index contributed by atoms with van der Waals surface area (Å²) in [6, 6.07) is 4.65. The van der Waals surface area contributed by atoms with Crippen molar-refractivity contribution in [3.8, 4) is 0 Å². The number of halogens is 3. The standard InChI is InChI=1S/C10H11F3O2/c1-9(15,6-14)7-4-2-3-5-8(7)10(11,12)13/h2-5,14-15H,6H2,1H3. The van der Waals surface area contributed by atoms with Gasteiger partial charge in [-0.15, -0.1) is 0 Å². The van der Waals surface area contributed by atoms with Crippen molar-refractivity contribution in [2.75, 3.05) is 6.61 Å². The third-order valence-electron chi connectivity index (χ3n) is 2.12. The molecule has 5 heteroatoms. The monoisotopic (exact) mass is 220 g/mol. The topological polar surface area (TPSA) is 40.5 Å². The predicted molar refractivity (Wildman–Crippen MR) is 48.1 cm³/mol. The Bertz CT molecular complexity index is 345. The molecule has 15 heavy (non-hydrogen) atoms. The molecule has 84 valence electrons. The van der Waals surface area contributed by atoms with E-state index in [9.17, 15) is 18.3 Å². The van der Waals surface area contributed by atoms with Crippen LogP contribution in [-0.2, 0) is 11.8 Å². The minimum Gasteiger partial charge on any atom is -0.393 e. The molecule has 0 spiro atoms. The number of alkyl halides is 3. The highest BCUT2D eigenvalue weighted by atomic mass is 19.4. The van der Waals surface area contributed by atoms with Gasteiger partial charge in [-0.25, -0.2) is 0 Å². The molecule has 0 heterocycles. The van der Waals surface area contributed by atoms with Crippen molar-refractivity contribution in [3.63, 3.8) is 0 Å². The lowest BCUT2D eigenvalue weighted by Crippen LogP contribution is -2.29. The maximum Gasteiger partial charge on any atom is 0.416 e. The van der Waals surface area contributed by atoms with E-state index >= 15 is 0 Å². The Balaban J connectivity index is 3.31. The minimum atomic E-state index is -4.53. The van der Waals surface area contributed by atoms with Crippen LogP contribution in [0.2, 0.25) is 0 Å². The van der Waals surface area contributed by atoms with Crippen LogP contribution in [0.4, 0.5) is 13.2 Å². The zero-order valence-electron chi connectivity index (χ0n) is 8.04. The van der Waals surface area contributed by atoms with E-state index in [2.05, 4.69) is 0 Å². The highest BCUT2D eigenvalue weighted by molar-refractivity contribution is 5.34. The van der Waals surface area contributed by atoms with E-state index in [1.807, 2.05) is 0 Å². The molecule has 0 saturated carbocycles. The maximum absolute atomic E-state index is 12.5. The van der Waals surface area contributed by atoms with Crippen LogP contribution in [0.15, 0.2) is 24.3 Å². The second-order valence-corrected chi connectivity index (χ2v) is 3.48. The van der Waals surface area contributed by atoms with Gasteiger partial charge in [0.2, 0.25) is 0 Å². The molecule has 1 rings (SSSR count). The Kier molecular flexibility index (Phi) is 3.06. The van der Waals surface area contributed by atoms with E-state index in [0.29, 0.717) is 0 Å². The molecule has 2 nitrogen and oxygen atoms in total. The summed E-state index contributed by atoms with van der Waals surface area (Å²) in [6.07, 6.45) is -4.53. The highest BCUT2D eigenvalue weighted by Crippen LogP contribution is 2.36. The lowest BCUT2D eigenvalue weighted by molar-refractivity contribution is -0.141. The van der Waals surface area contributed by atoms with Crippen LogP contribution in [-0.4, -0.2) is 16.8 Å². The summed E-state index contributed by atoms with van der Waals surface area (Å²) in [5.74, 6) is 0. The summed E-state index contributed by atoms with van der Waals surface area (Å²) in [7, 11) is 0. The molecule has 0 fully saturated rings. The molecule has 1 unspecified atom stereocenters. The molecule has 1 aromatic carbocycles. The van der Waals surface area contributed by atoms with Crippen LogP contribution >= 0.6 is 0 Å². The summed E-state index contributed by atoms with van der Waals surface area (Å²) in [6.45, 7) is 0.373. The zero-order chi connectivity index (χ0) is 11.7. The quantitative estimate of drug-likeness (QED) is 0.799. The fourth-order valence-electron chi connectivity index (χ4n) is 1.29. The van der Waals surface area contributed by atoms with Crippen LogP contribution in [0.1, 0.15) is 18.1 Å². The molecule has 2 N–H and O–H groups in total. The van der Waals surface area contributed by atoms with Crippen molar-refractivity contribution in [2.45, 2.75) is 18.7 Å². The third-order valence-corrected chi connectivity index (χ3v) is 2.12. The normalized spacial score (nSPS) is 16.1. The van der Waals surface area contributed by atoms with Crippen molar-refractivity contribution in [1.29, 1.82) is 0 Å². The molecular formula is C10H11F3O2. The fourth-order valence-corrected chi connectivity index (χ4v) is 1.29. The third kappa shape index (κ3) is 2.49. The summed E-state index contributed by atoms with van der Waals surface area (Å²) >= 11 is 0. The highest BCUT2D eigenvalue weighted by Gasteiger charge is 2.38. The predicted octanol–water partition coefficient (Wildman–Crippen LogP) is 1.91. The van der Waals surface area contributed by atoms with Crippen LogP contribution < -0.4 is 0 Å². The zero-order valence-corrected chi connectivity index (χ0v) is 8.04. The van der Waals surface area contributed by atoms with Crippen molar-refractivity contribution in [1.82, 2.24) is 0 Å². The van der Waals surface area contributed by atoms with E-state index in [4.69, 9.17) is 5.11 Å². The molecule has 0 amide bonds. The average molecular weight is 220 g/mol. The lowest BCUT2D eigenvalue weighted by Gasteiger charge is -2.24. The molecule has 0 bridgehead atoms. The van der Waals surface area contributed by atoms with Crippen molar-refractivity contribution >= 4 is 0 Å². The average Bonchev–Trinajstić information content (AvgIpc) is 2.16. The van der Waals surface area contributed by atoms with Crippen molar-refractivity contribution in [3.05, 3.63) is 35.4 Å². The van der Waals surface area contributed by atoms with E-state index in [0.717, 1.165) is 19.1 Å². The molecule has 0 aliphatic carbocycles. The fraction of sp³-hybridized carbons (Fsp3) is 0.400. The van der Waals surface area contributed by atoms with Gasteiger partial charge < -0.3 is 10.2 Å². The van der Waals surface area contributed by atoms with Gasteiger partial charge in [-0.05, 0) is 18.6 Å². The Morgan fingerprint density at radius 2 is 1.60 bits per heavy atom. The summed E-state index contributed by atoms with van der Waals surface area (Å²) in [5, 5.41) is 18.4. The van der Waals surface area contributed by atoms with E-state index in [1.54, 1.807) is 0 Å². The second-order valence-electron chi connectivity index (χ2n) is 3.48. The smallest absolute Gasteiger partial charge is 0.393 e. The minimum absolute atomic E-state index is 0.319. The van der Waals surface area contributed by atoms with Gasteiger partial charge in [0.15, 0.2) is 0 Å². The SMILES string of the molecule is CC(O)(CO)c1ccccc1C(F)(F)F. The summed E-state index contributed by atoms with van der Waals surface area (Å²) in [5.41, 5.74) is -3.13. The van der Waals surface area contributed by atoms with Gasteiger partial charge in [-0.2, -0.15) is 13.2 Å². The summed E-state index contributed by atoms with van der Waals surface area (Å²) in [4.78, 5) is 0. The van der Waals surface area contributed by atoms with E-state index < -0.39 is 23.9 Å².